The van der Waals surface area contributed by atoms with Gasteiger partial charge < -0.3 is 4.74 Å². The Labute approximate surface area is 149 Å². The van der Waals surface area contributed by atoms with Crippen LogP contribution in [0.15, 0.2) is 72.1 Å². The second-order valence-corrected chi connectivity index (χ2v) is 7.21. The molecule has 0 saturated heterocycles. The Kier molecular flexibility index (Phi) is 4.15. The van der Waals surface area contributed by atoms with E-state index in [0.717, 1.165) is 22.0 Å². The van der Waals surface area contributed by atoms with Gasteiger partial charge in [0.1, 0.15) is 10.8 Å². The highest BCUT2D eigenvalue weighted by molar-refractivity contribution is 7.19. The standard InChI is InChI=1S/C20H15NOS2/c1-22-17-10-6-5-9-15(17)20-21-16(13-23-20)19-12-11-18(24-19)14-7-3-2-4-8-14/h2-13H,1H3. The first-order chi connectivity index (χ1) is 11.8. The van der Waals surface area contributed by atoms with Crippen molar-refractivity contribution in [3.63, 3.8) is 0 Å². The Morgan fingerprint density at radius 2 is 1.58 bits per heavy atom. The molecule has 0 saturated carbocycles. The Hall–Kier alpha value is -2.43. The van der Waals surface area contributed by atoms with Gasteiger partial charge in [0.25, 0.3) is 0 Å². The number of rotatable bonds is 4. The van der Waals surface area contributed by atoms with Crippen molar-refractivity contribution in [3.05, 3.63) is 72.1 Å². The molecule has 24 heavy (non-hydrogen) atoms. The van der Waals surface area contributed by atoms with E-state index in [1.165, 1.54) is 15.3 Å². The molecule has 4 heteroatoms. The number of aromatic nitrogens is 1. The zero-order valence-electron chi connectivity index (χ0n) is 13.1. The molecule has 2 aromatic carbocycles. The van der Waals surface area contributed by atoms with E-state index in [9.17, 15) is 0 Å². The van der Waals surface area contributed by atoms with Crippen molar-refractivity contribution in [3.8, 4) is 37.3 Å². The van der Waals surface area contributed by atoms with Crippen molar-refractivity contribution in [2.45, 2.75) is 0 Å². The van der Waals surface area contributed by atoms with E-state index in [1.807, 2.05) is 30.3 Å². The van der Waals surface area contributed by atoms with Crippen LogP contribution in [0.3, 0.4) is 0 Å². The van der Waals surface area contributed by atoms with Gasteiger partial charge in [-0.25, -0.2) is 4.98 Å². The van der Waals surface area contributed by atoms with Gasteiger partial charge in [0, 0.05) is 10.3 Å². The molecule has 0 fully saturated rings. The summed E-state index contributed by atoms with van der Waals surface area (Å²) < 4.78 is 5.45. The summed E-state index contributed by atoms with van der Waals surface area (Å²) in [5.74, 6) is 0.856. The number of para-hydroxylation sites is 1. The number of hydrogen-bond acceptors (Lipinski definition) is 4. The minimum absolute atomic E-state index is 0.856. The molecule has 0 aliphatic rings. The molecule has 0 spiro atoms. The van der Waals surface area contributed by atoms with E-state index in [-0.39, 0.29) is 0 Å². The zero-order chi connectivity index (χ0) is 16.4. The molecule has 0 radical (unpaired) electrons. The number of thiophene rings is 1. The maximum absolute atomic E-state index is 5.45. The highest BCUT2D eigenvalue weighted by Gasteiger charge is 2.12. The van der Waals surface area contributed by atoms with Gasteiger partial charge in [-0.05, 0) is 29.8 Å². The third-order valence-corrected chi connectivity index (χ3v) is 5.79. The molecule has 0 bridgehead atoms. The van der Waals surface area contributed by atoms with Crippen LogP contribution in [-0.2, 0) is 0 Å². The van der Waals surface area contributed by atoms with Crippen molar-refractivity contribution in [1.82, 2.24) is 4.98 Å². The Bertz CT molecular complexity index is 956. The molecule has 118 valence electrons. The van der Waals surface area contributed by atoms with Crippen LogP contribution in [0.2, 0.25) is 0 Å². The summed E-state index contributed by atoms with van der Waals surface area (Å²) in [6.45, 7) is 0. The quantitative estimate of drug-likeness (QED) is 0.437. The van der Waals surface area contributed by atoms with Gasteiger partial charge in [0.2, 0.25) is 0 Å². The number of hydrogen-bond donors (Lipinski definition) is 0. The minimum Gasteiger partial charge on any atom is -0.496 e. The molecule has 0 amide bonds. The highest BCUT2D eigenvalue weighted by Crippen LogP contribution is 2.38. The van der Waals surface area contributed by atoms with Crippen molar-refractivity contribution in [2.75, 3.05) is 7.11 Å². The van der Waals surface area contributed by atoms with E-state index in [0.29, 0.717) is 0 Å². The SMILES string of the molecule is COc1ccccc1-c1nc(-c2ccc(-c3ccccc3)s2)cs1. The molecule has 4 aromatic rings. The van der Waals surface area contributed by atoms with E-state index >= 15 is 0 Å². The highest BCUT2D eigenvalue weighted by atomic mass is 32.1. The average molecular weight is 349 g/mol. The van der Waals surface area contributed by atoms with Gasteiger partial charge in [0.15, 0.2) is 0 Å². The molecule has 2 nitrogen and oxygen atoms in total. The van der Waals surface area contributed by atoms with Crippen molar-refractivity contribution in [2.24, 2.45) is 0 Å². The molecule has 2 heterocycles. The largest absolute Gasteiger partial charge is 0.496 e. The Balaban J connectivity index is 1.67. The molecular formula is C20H15NOS2. The number of benzene rings is 2. The van der Waals surface area contributed by atoms with E-state index < -0.39 is 0 Å². The molecule has 0 N–H and O–H groups in total. The van der Waals surface area contributed by atoms with Gasteiger partial charge >= 0.3 is 0 Å². The van der Waals surface area contributed by atoms with Crippen molar-refractivity contribution in [1.29, 1.82) is 0 Å². The van der Waals surface area contributed by atoms with Crippen LogP contribution in [0.4, 0.5) is 0 Å². The fourth-order valence-corrected chi connectivity index (χ4v) is 4.46. The van der Waals surface area contributed by atoms with E-state index in [2.05, 4.69) is 41.8 Å². The van der Waals surface area contributed by atoms with Crippen LogP contribution in [0.5, 0.6) is 5.75 Å². The molecule has 0 aliphatic carbocycles. The number of thiazole rings is 1. The molecular weight excluding hydrogens is 334 g/mol. The zero-order valence-corrected chi connectivity index (χ0v) is 14.7. The summed E-state index contributed by atoms with van der Waals surface area (Å²) in [5, 5.41) is 3.10. The lowest BCUT2D eigenvalue weighted by molar-refractivity contribution is 0.416. The predicted molar refractivity (Wildman–Crippen MR) is 103 cm³/mol. The van der Waals surface area contributed by atoms with Crippen LogP contribution in [0.1, 0.15) is 0 Å². The summed E-state index contributed by atoms with van der Waals surface area (Å²) in [6, 6.07) is 22.8. The second kappa shape index (κ2) is 6.59. The first-order valence-electron chi connectivity index (χ1n) is 7.60. The predicted octanol–water partition coefficient (Wildman–Crippen LogP) is 6.21. The minimum atomic E-state index is 0.856. The van der Waals surface area contributed by atoms with Gasteiger partial charge in [-0.3, -0.25) is 0 Å². The van der Waals surface area contributed by atoms with Crippen LogP contribution in [0.25, 0.3) is 31.6 Å². The van der Waals surface area contributed by atoms with Gasteiger partial charge in [-0.1, -0.05) is 42.5 Å². The number of ether oxygens (including phenoxy) is 1. The third kappa shape index (κ3) is 2.86. The molecule has 2 aromatic heterocycles. The van der Waals surface area contributed by atoms with Crippen LogP contribution in [0, 0.1) is 0 Å². The fourth-order valence-electron chi connectivity index (χ4n) is 2.57. The van der Waals surface area contributed by atoms with E-state index in [4.69, 9.17) is 9.72 Å². The lowest BCUT2D eigenvalue weighted by Crippen LogP contribution is -1.86. The molecule has 0 aliphatic heterocycles. The smallest absolute Gasteiger partial charge is 0.129 e. The third-order valence-electron chi connectivity index (χ3n) is 3.76. The van der Waals surface area contributed by atoms with Crippen molar-refractivity contribution < 1.29 is 4.74 Å². The van der Waals surface area contributed by atoms with Gasteiger partial charge in [-0.15, -0.1) is 22.7 Å². The van der Waals surface area contributed by atoms with Gasteiger partial charge in [-0.2, -0.15) is 0 Å². The lowest BCUT2D eigenvalue weighted by Gasteiger charge is -2.04. The van der Waals surface area contributed by atoms with E-state index in [1.54, 1.807) is 29.8 Å². The second-order valence-electron chi connectivity index (χ2n) is 5.27. The van der Waals surface area contributed by atoms with Crippen molar-refractivity contribution >= 4 is 22.7 Å². The normalized spacial score (nSPS) is 10.7. The summed E-state index contributed by atoms with van der Waals surface area (Å²) in [5.41, 5.74) is 3.30. The monoisotopic (exact) mass is 349 g/mol. The lowest BCUT2D eigenvalue weighted by atomic mass is 10.2. The average Bonchev–Trinajstić information content (AvgIpc) is 3.32. The van der Waals surface area contributed by atoms with Crippen LogP contribution in [-0.4, -0.2) is 12.1 Å². The van der Waals surface area contributed by atoms with Crippen LogP contribution >= 0.6 is 22.7 Å². The summed E-state index contributed by atoms with van der Waals surface area (Å²) in [4.78, 5) is 7.26. The maximum atomic E-state index is 5.45. The Morgan fingerprint density at radius 1 is 0.833 bits per heavy atom. The fraction of sp³-hybridized carbons (Fsp3) is 0.0500. The van der Waals surface area contributed by atoms with Gasteiger partial charge in [0.05, 0.1) is 23.2 Å². The molecule has 0 unspecified atom stereocenters. The Morgan fingerprint density at radius 3 is 2.42 bits per heavy atom. The first kappa shape index (κ1) is 15.1. The summed E-state index contributed by atoms with van der Waals surface area (Å²) >= 11 is 3.42. The molecule has 0 atom stereocenters. The number of nitrogens with zero attached hydrogens (tertiary/aromatic N) is 1. The summed E-state index contributed by atoms with van der Waals surface area (Å²) in [6.07, 6.45) is 0. The maximum Gasteiger partial charge on any atom is 0.129 e. The first-order valence-corrected chi connectivity index (χ1v) is 9.29. The number of methoxy groups -OCH3 is 1. The van der Waals surface area contributed by atoms with Crippen LogP contribution < -0.4 is 4.74 Å². The topological polar surface area (TPSA) is 22.1 Å². The molecule has 4 rings (SSSR count). The summed E-state index contributed by atoms with van der Waals surface area (Å²) in [7, 11) is 1.69.